The van der Waals surface area contributed by atoms with E-state index < -0.39 is 16.9 Å². The zero-order chi connectivity index (χ0) is 13.4. The molecule has 1 N–H and O–H groups in total. The molecule has 0 unspecified atom stereocenters. The maximum absolute atomic E-state index is 11.8. The molecule has 0 amide bonds. The van der Waals surface area contributed by atoms with Gasteiger partial charge in [0.1, 0.15) is 0 Å². The lowest BCUT2D eigenvalue weighted by Crippen LogP contribution is -2.25. The highest BCUT2D eigenvalue weighted by Crippen LogP contribution is 2.23. The van der Waals surface area contributed by atoms with Crippen LogP contribution in [-0.4, -0.2) is 19.6 Å². The van der Waals surface area contributed by atoms with Crippen LogP contribution in [0.25, 0.3) is 5.69 Å². The Kier molecular flexibility index (Phi) is 3.38. The van der Waals surface area contributed by atoms with E-state index in [0.29, 0.717) is 4.57 Å². The minimum atomic E-state index is -1.03. The molecule has 0 spiro atoms. The highest BCUT2D eigenvalue weighted by Gasteiger charge is 2.16. The van der Waals surface area contributed by atoms with Gasteiger partial charge in [0.15, 0.2) is 0 Å². The molecule has 8 heteroatoms. The number of carbonyl (C=O) groups excluding carboxylic acids is 1. The van der Waals surface area contributed by atoms with Crippen LogP contribution < -0.4 is 5.69 Å². The van der Waals surface area contributed by atoms with E-state index in [1.54, 1.807) is 0 Å². The SMILES string of the molecule is O=C(Cl)n1cc(O)n(-c2cc(Cl)cc(Cl)c2)c1=O. The molecule has 94 valence electrons. The maximum Gasteiger partial charge on any atom is 0.343 e. The van der Waals surface area contributed by atoms with E-state index in [9.17, 15) is 14.7 Å². The lowest BCUT2D eigenvalue weighted by atomic mass is 10.3. The maximum atomic E-state index is 11.8. The highest BCUT2D eigenvalue weighted by atomic mass is 35.5. The van der Waals surface area contributed by atoms with Crippen LogP contribution in [0.2, 0.25) is 10.0 Å². The first-order valence-electron chi connectivity index (χ1n) is 4.60. The molecular weight excluding hydrogens is 302 g/mol. The number of rotatable bonds is 1. The average Bonchev–Trinajstić information content (AvgIpc) is 2.52. The molecule has 5 nitrogen and oxygen atoms in total. The number of benzene rings is 1. The van der Waals surface area contributed by atoms with Crippen LogP contribution in [0.15, 0.2) is 29.2 Å². The van der Waals surface area contributed by atoms with Crippen molar-refractivity contribution in [3.05, 3.63) is 44.9 Å². The molecule has 0 aliphatic rings. The third-order valence-corrected chi connectivity index (χ3v) is 2.78. The molecule has 2 aromatic rings. The van der Waals surface area contributed by atoms with E-state index in [-0.39, 0.29) is 15.7 Å². The minimum Gasteiger partial charge on any atom is -0.493 e. The topological polar surface area (TPSA) is 64.2 Å². The van der Waals surface area contributed by atoms with Crippen molar-refractivity contribution in [1.29, 1.82) is 0 Å². The number of aromatic hydroxyl groups is 1. The number of carbonyl (C=O) groups is 1. The van der Waals surface area contributed by atoms with Crippen molar-refractivity contribution < 1.29 is 9.90 Å². The van der Waals surface area contributed by atoms with Gasteiger partial charge in [0, 0.05) is 10.0 Å². The van der Waals surface area contributed by atoms with Crippen LogP contribution in [-0.2, 0) is 0 Å². The fourth-order valence-corrected chi connectivity index (χ4v) is 2.11. The number of nitrogens with zero attached hydrogens (tertiary/aromatic N) is 2. The Morgan fingerprint density at radius 1 is 1.17 bits per heavy atom. The molecule has 0 fully saturated rings. The number of aromatic nitrogens is 2. The summed E-state index contributed by atoms with van der Waals surface area (Å²) in [7, 11) is 0. The van der Waals surface area contributed by atoms with Gasteiger partial charge in [-0.15, -0.1) is 0 Å². The Bertz CT molecular complexity index is 670. The Morgan fingerprint density at radius 3 is 2.17 bits per heavy atom. The summed E-state index contributed by atoms with van der Waals surface area (Å²) in [5.74, 6) is -0.452. The Balaban J connectivity index is 2.71. The van der Waals surface area contributed by atoms with Crippen molar-refractivity contribution in [2.45, 2.75) is 0 Å². The summed E-state index contributed by atoms with van der Waals surface area (Å²) in [6.07, 6.45) is 0.909. The number of halogens is 3. The van der Waals surface area contributed by atoms with Crippen molar-refractivity contribution in [3.63, 3.8) is 0 Å². The van der Waals surface area contributed by atoms with Gasteiger partial charge >= 0.3 is 11.1 Å². The third-order valence-electron chi connectivity index (χ3n) is 2.17. The van der Waals surface area contributed by atoms with Crippen molar-refractivity contribution >= 4 is 40.2 Å². The fourth-order valence-electron chi connectivity index (χ4n) is 1.47. The van der Waals surface area contributed by atoms with E-state index in [1.165, 1.54) is 18.2 Å². The third kappa shape index (κ3) is 2.25. The predicted octanol–water partition coefficient (Wildman–Crippen LogP) is 2.86. The molecule has 0 aliphatic heterocycles. The number of hydrogen-bond donors (Lipinski definition) is 1. The lowest BCUT2D eigenvalue weighted by molar-refractivity contribution is 0.260. The number of imidazole rings is 1. The van der Waals surface area contributed by atoms with E-state index in [2.05, 4.69) is 0 Å². The summed E-state index contributed by atoms with van der Waals surface area (Å²) in [4.78, 5) is 22.8. The molecule has 1 aromatic carbocycles. The summed E-state index contributed by atoms with van der Waals surface area (Å²) in [5, 5.41) is 9.19. The summed E-state index contributed by atoms with van der Waals surface area (Å²) in [6.45, 7) is 0. The van der Waals surface area contributed by atoms with Crippen LogP contribution in [0.4, 0.5) is 4.79 Å². The van der Waals surface area contributed by atoms with Crippen LogP contribution in [0.3, 0.4) is 0 Å². The molecule has 0 atom stereocenters. The first-order valence-corrected chi connectivity index (χ1v) is 5.73. The van der Waals surface area contributed by atoms with Gasteiger partial charge in [-0.05, 0) is 29.8 Å². The van der Waals surface area contributed by atoms with Gasteiger partial charge in [-0.3, -0.25) is 4.79 Å². The Morgan fingerprint density at radius 2 is 1.72 bits per heavy atom. The summed E-state index contributed by atoms with van der Waals surface area (Å²) >= 11 is 16.8. The first-order chi connectivity index (χ1) is 8.40. The van der Waals surface area contributed by atoms with Gasteiger partial charge in [0.05, 0.1) is 11.9 Å². The zero-order valence-electron chi connectivity index (χ0n) is 8.60. The molecule has 0 saturated carbocycles. The quantitative estimate of drug-likeness (QED) is 0.824. The normalized spacial score (nSPS) is 10.6. The number of hydrogen-bond acceptors (Lipinski definition) is 3. The van der Waals surface area contributed by atoms with Gasteiger partial charge in [-0.2, -0.15) is 0 Å². The zero-order valence-corrected chi connectivity index (χ0v) is 10.9. The minimum absolute atomic E-state index is 0.228. The standard InChI is InChI=1S/C10H5Cl3N2O3/c11-5-1-6(12)3-7(2-5)15-8(16)4-14(9(13)17)10(15)18/h1-4,16H. The second-order valence-electron chi connectivity index (χ2n) is 3.36. The van der Waals surface area contributed by atoms with E-state index in [0.717, 1.165) is 10.8 Å². The van der Waals surface area contributed by atoms with E-state index in [4.69, 9.17) is 34.8 Å². The fraction of sp³-hybridized carbons (Fsp3) is 0. The molecule has 1 aromatic heterocycles. The molecule has 0 bridgehead atoms. The summed E-state index contributed by atoms with van der Waals surface area (Å²) in [6, 6.07) is 4.30. The molecular formula is C10H5Cl3N2O3. The van der Waals surface area contributed by atoms with Crippen molar-refractivity contribution in [3.8, 4) is 11.6 Å². The largest absolute Gasteiger partial charge is 0.493 e. The van der Waals surface area contributed by atoms with E-state index >= 15 is 0 Å². The summed E-state index contributed by atoms with van der Waals surface area (Å²) < 4.78 is 1.42. The van der Waals surface area contributed by atoms with Crippen LogP contribution in [0.1, 0.15) is 0 Å². The molecule has 0 radical (unpaired) electrons. The van der Waals surface area contributed by atoms with Gasteiger partial charge in [0.2, 0.25) is 5.88 Å². The lowest BCUT2D eigenvalue weighted by Gasteiger charge is -2.04. The molecule has 18 heavy (non-hydrogen) atoms. The van der Waals surface area contributed by atoms with Gasteiger partial charge in [-0.25, -0.2) is 13.9 Å². The Hall–Kier alpha value is -1.43. The van der Waals surface area contributed by atoms with Crippen LogP contribution >= 0.6 is 34.8 Å². The van der Waals surface area contributed by atoms with Gasteiger partial charge in [-0.1, -0.05) is 23.2 Å². The molecule has 0 saturated heterocycles. The molecule has 0 aliphatic carbocycles. The second kappa shape index (κ2) is 4.68. The summed E-state index contributed by atoms with van der Waals surface area (Å²) in [5.41, 5.74) is -0.586. The van der Waals surface area contributed by atoms with Crippen LogP contribution in [0.5, 0.6) is 5.88 Å². The van der Waals surface area contributed by atoms with Crippen LogP contribution in [0, 0.1) is 0 Å². The second-order valence-corrected chi connectivity index (χ2v) is 4.55. The molecule has 1 heterocycles. The highest BCUT2D eigenvalue weighted by molar-refractivity contribution is 6.63. The van der Waals surface area contributed by atoms with Gasteiger partial charge < -0.3 is 5.11 Å². The van der Waals surface area contributed by atoms with E-state index in [1.807, 2.05) is 0 Å². The monoisotopic (exact) mass is 306 g/mol. The van der Waals surface area contributed by atoms with Gasteiger partial charge in [0.25, 0.3) is 0 Å². The average molecular weight is 308 g/mol. The molecule has 2 rings (SSSR count). The predicted molar refractivity (Wildman–Crippen MR) is 68.4 cm³/mol. The van der Waals surface area contributed by atoms with Crippen molar-refractivity contribution in [2.75, 3.05) is 0 Å². The Labute approximate surface area is 116 Å². The van der Waals surface area contributed by atoms with Crippen molar-refractivity contribution in [1.82, 2.24) is 9.13 Å². The van der Waals surface area contributed by atoms with Crippen molar-refractivity contribution in [2.24, 2.45) is 0 Å². The smallest absolute Gasteiger partial charge is 0.343 e. The first kappa shape index (κ1) is 13.0.